The molecular formula is C11H14F3NO2. The third kappa shape index (κ3) is 4.22. The van der Waals surface area contributed by atoms with Crippen molar-refractivity contribution in [3.63, 3.8) is 0 Å². The van der Waals surface area contributed by atoms with Crippen molar-refractivity contribution >= 4 is 0 Å². The highest BCUT2D eigenvalue weighted by Gasteiger charge is 2.31. The molecule has 1 N–H and O–H groups in total. The molecule has 0 unspecified atom stereocenters. The van der Waals surface area contributed by atoms with E-state index in [0.717, 1.165) is 22.9 Å². The highest BCUT2D eigenvalue weighted by Crippen LogP contribution is 2.28. The molecule has 0 atom stereocenters. The van der Waals surface area contributed by atoms with Crippen LogP contribution in [0.2, 0.25) is 0 Å². The van der Waals surface area contributed by atoms with Crippen LogP contribution in [0.3, 0.4) is 0 Å². The minimum atomic E-state index is -4.47. The van der Waals surface area contributed by atoms with Gasteiger partial charge >= 0.3 is 6.18 Å². The van der Waals surface area contributed by atoms with Crippen LogP contribution in [-0.2, 0) is 12.7 Å². The topological polar surface area (TPSA) is 42.2 Å². The zero-order valence-electron chi connectivity index (χ0n) is 9.58. The Labute approximate surface area is 96.5 Å². The molecule has 0 saturated heterocycles. The Morgan fingerprint density at radius 1 is 1.29 bits per heavy atom. The maximum absolute atomic E-state index is 12.4. The van der Waals surface area contributed by atoms with E-state index in [2.05, 4.69) is 0 Å². The van der Waals surface area contributed by atoms with Crippen molar-refractivity contribution in [1.29, 1.82) is 0 Å². The number of hydrogen-bond donors (Lipinski definition) is 1. The first-order chi connectivity index (χ1) is 7.59. The van der Waals surface area contributed by atoms with E-state index in [4.69, 9.17) is 0 Å². The molecule has 96 valence electrons. The van der Waals surface area contributed by atoms with Crippen molar-refractivity contribution in [2.24, 2.45) is 0 Å². The SMILES string of the molecule is CC(C)(O)CCn1cc(C(F)(F)F)ccc1=O. The van der Waals surface area contributed by atoms with E-state index in [1.165, 1.54) is 13.8 Å². The summed E-state index contributed by atoms with van der Waals surface area (Å²) in [7, 11) is 0. The Morgan fingerprint density at radius 2 is 1.88 bits per heavy atom. The molecule has 0 saturated carbocycles. The number of pyridine rings is 1. The number of alkyl halides is 3. The standard InChI is InChI=1S/C11H14F3NO2/c1-10(2,17)5-6-15-7-8(11(12,13)14)3-4-9(15)16/h3-4,7,17H,5-6H2,1-2H3. The summed E-state index contributed by atoms with van der Waals surface area (Å²) in [6.45, 7) is 3.11. The van der Waals surface area contributed by atoms with Gasteiger partial charge in [0, 0.05) is 18.8 Å². The molecule has 17 heavy (non-hydrogen) atoms. The van der Waals surface area contributed by atoms with E-state index < -0.39 is 22.9 Å². The molecule has 0 aliphatic rings. The van der Waals surface area contributed by atoms with Gasteiger partial charge in [-0.15, -0.1) is 0 Å². The third-order valence-electron chi connectivity index (χ3n) is 2.28. The van der Waals surface area contributed by atoms with Crippen LogP contribution in [-0.4, -0.2) is 15.3 Å². The lowest BCUT2D eigenvalue weighted by molar-refractivity contribution is -0.138. The maximum Gasteiger partial charge on any atom is 0.417 e. The first-order valence-corrected chi connectivity index (χ1v) is 5.10. The molecule has 1 heterocycles. The molecule has 1 aromatic heterocycles. The van der Waals surface area contributed by atoms with Gasteiger partial charge in [-0.1, -0.05) is 0 Å². The number of halogens is 3. The highest BCUT2D eigenvalue weighted by molar-refractivity contribution is 5.13. The quantitative estimate of drug-likeness (QED) is 0.890. The van der Waals surface area contributed by atoms with Crippen molar-refractivity contribution in [2.75, 3.05) is 0 Å². The van der Waals surface area contributed by atoms with Gasteiger partial charge in [0.2, 0.25) is 0 Å². The van der Waals surface area contributed by atoms with Crippen LogP contribution in [0.1, 0.15) is 25.8 Å². The van der Waals surface area contributed by atoms with Gasteiger partial charge in [0.25, 0.3) is 5.56 Å². The number of nitrogens with zero attached hydrogens (tertiary/aromatic N) is 1. The number of hydrogen-bond acceptors (Lipinski definition) is 2. The Hall–Kier alpha value is -1.30. The predicted molar refractivity (Wildman–Crippen MR) is 56.6 cm³/mol. The van der Waals surface area contributed by atoms with E-state index in [0.29, 0.717) is 0 Å². The molecule has 6 heteroatoms. The molecule has 0 aliphatic carbocycles. The first kappa shape index (κ1) is 13.8. The van der Waals surface area contributed by atoms with Crippen molar-refractivity contribution in [3.05, 3.63) is 34.2 Å². The molecule has 0 amide bonds. The van der Waals surface area contributed by atoms with E-state index >= 15 is 0 Å². The number of rotatable bonds is 3. The molecular weight excluding hydrogens is 235 g/mol. The molecule has 1 rings (SSSR count). The van der Waals surface area contributed by atoms with E-state index in [-0.39, 0.29) is 13.0 Å². The zero-order chi connectivity index (χ0) is 13.3. The third-order valence-corrected chi connectivity index (χ3v) is 2.28. The van der Waals surface area contributed by atoms with Crippen LogP contribution in [0.4, 0.5) is 13.2 Å². The second kappa shape index (κ2) is 4.52. The van der Waals surface area contributed by atoms with Gasteiger partial charge in [-0.05, 0) is 26.3 Å². The van der Waals surface area contributed by atoms with Crippen LogP contribution in [0.15, 0.2) is 23.1 Å². The van der Waals surface area contributed by atoms with E-state index in [1.807, 2.05) is 0 Å². The highest BCUT2D eigenvalue weighted by atomic mass is 19.4. The van der Waals surface area contributed by atoms with Crippen molar-refractivity contribution in [2.45, 2.75) is 38.6 Å². The lowest BCUT2D eigenvalue weighted by Gasteiger charge is -2.18. The van der Waals surface area contributed by atoms with Gasteiger partial charge in [-0.3, -0.25) is 4.79 Å². The molecule has 0 bridgehead atoms. The van der Waals surface area contributed by atoms with Crippen LogP contribution < -0.4 is 5.56 Å². The van der Waals surface area contributed by atoms with Gasteiger partial charge in [-0.2, -0.15) is 13.2 Å². The lowest BCUT2D eigenvalue weighted by Crippen LogP contribution is -2.27. The minimum Gasteiger partial charge on any atom is -0.390 e. The molecule has 0 fully saturated rings. The summed E-state index contributed by atoms with van der Waals surface area (Å²) in [6.07, 6.45) is -3.49. The Morgan fingerprint density at radius 3 is 2.35 bits per heavy atom. The van der Waals surface area contributed by atoms with Crippen molar-refractivity contribution < 1.29 is 18.3 Å². The Balaban J connectivity index is 2.96. The van der Waals surface area contributed by atoms with Crippen molar-refractivity contribution in [3.8, 4) is 0 Å². The fourth-order valence-electron chi connectivity index (χ4n) is 1.27. The Kier molecular flexibility index (Phi) is 3.66. The first-order valence-electron chi connectivity index (χ1n) is 5.10. The lowest BCUT2D eigenvalue weighted by atomic mass is 10.1. The Bertz CT molecular complexity index is 443. The van der Waals surface area contributed by atoms with Gasteiger partial charge in [-0.25, -0.2) is 0 Å². The fourth-order valence-corrected chi connectivity index (χ4v) is 1.27. The van der Waals surface area contributed by atoms with Crippen LogP contribution in [0.5, 0.6) is 0 Å². The smallest absolute Gasteiger partial charge is 0.390 e. The summed E-state index contributed by atoms with van der Waals surface area (Å²) in [6, 6.07) is 1.64. The number of aryl methyl sites for hydroxylation is 1. The monoisotopic (exact) mass is 249 g/mol. The van der Waals surface area contributed by atoms with Crippen LogP contribution in [0.25, 0.3) is 0 Å². The van der Waals surface area contributed by atoms with Gasteiger partial charge in [0.15, 0.2) is 0 Å². The second-order valence-electron chi connectivity index (χ2n) is 4.51. The number of aromatic nitrogens is 1. The summed E-state index contributed by atoms with van der Waals surface area (Å²) in [5, 5.41) is 9.46. The minimum absolute atomic E-state index is 0.0479. The van der Waals surface area contributed by atoms with E-state index in [1.54, 1.807) is 0 Å². The molecule has 0 aliphatic heterocycles. The molecule has 1 aromatic rings. The van der Waals surface area contributed by atoms with Crippen molar-refractivity contribution in [1.82, 2.24) is 4.57 Å². The summed E-state index contributed by atoms with van der Waals surface area (Å²) in [5.74, 6) is 0. The fraction of sp³-hybridized carbons (Fsp3) is 0.545. The van der Waals surface area contributed by atoms with Crippen LogP contribution >= 0.6 is 0 Å². The maximum atomic E-state index is 12.4. The second-order valence-corrected chi connectivity index (χ2v) is 4.51. The van der Waals surface area contributed by atoms with Gasteiger partial charge in [0.05, 0.1) is 11.2 Å². The number of aliphatic hydroxyl groups is 1. The average molecular weight is 249 g/mol. The van der Waals surface area contributed by atoms with E-state index in [9.17, 15) is 23.1 Å². The van der Waals surface area contributed by atoms with Gasteiger partial charge < -0.3 is 9.67 Å². The summed E-state index contributed by atoms with van der Waals surface area (Å²) >= 11 is 0. The average Bonchev–Trinajstić information content (AvgIpc) is 2.13. The zero-order valence-corrected chi connectivity index (χ0v) is 9.58. The normalized spacial score (nSPS) is 12.8. The predicted octanol–water partition coefficient (Wildman–Crippen LogP) is 2.03. The molecule has 3 nitrogen and oxygen atoms in total. The molecule has 0 radical (unpaired) electrons. The van der Waals surface area contributed by atoms with Gasteiger partial charge in [0.1, 0.15) is 0 Å². The summed E-state index contributed by atoms with van der Waals surface area (Å²) < 4.78 is 38.2. The summed E-state index contributed by atoms with van der Waals surface area (Å²) in [4.78, 5) is 11.3. The molecule has 0 spiro atoms. The largest absolute Gasteiger partial charge is 0.417 e. The molecule has 0 aromatic carbocycles. The van der Waals surface area contributed by atoms with Crippen LogP contribution in [0, 0.1) is 0 Å². The summed E-state index contributed by atoms with van der Waals surface area (Å²) in [5.41, 5.74) is -2.40.